The number of carbonyl (C=O) groups is 3. The van der Waals surface area contributed by atoms with E-state index >= 15 is 0 Å². The highest BCUT2D eigenvalue weighted by Gasteiger charge is 2.62. The number of hydrogen-bond donors (Lipinski definition) is 3. The number of sulfonamides is 1. The number of aromatic nitrogens is 2. The van der Waals surface area contributed by atoms with Crippen molar-refractivity contribution >= 4 is 55.0 Å². The van der Waals surface area contributed by atoms with E-state index in [1.807, 2.05) is 30.4 Å². The fourth-order valence-corrected chi connectivity index (χ4v) is 9.94. The monoisotopic (exact) mass is 868 g/mol. The molecule has 14 nitrogen and oxygen atoms in total. The van der Waals surface area contributed by atoms with Gasteiger partial charge < -0.3 is 29.7 Å². The van der Waals surface area contributed by atoms with Crippen molar-refractivity contribution in [2.75, 3.05) is 19.0 Å². The molecule has 2 aromatic carbocycles. The number of benzene rings is 2. The van der Waals surface area contributed by atoms with Crippen molar-refractivity contribution < 1.29 is 50.2 Å². The Bertz CT molecular complexity index is 2410. The zero-order valence-electron chi connectivity index (χ0n) is 32.4. The SMILES string of the molecule is COc1ccc2c(O[C@@H]3C[C@H]4C(=O)N[C@]5(C(=O)NS(=O)(=O)C6CC6)C[C@H]5C=CCCCCC[C@H](Nc5nc(-c6ccc(OC(F)(F)F)cc6)cs5)C(=O)N4C3)nccc2c1. The first-order valence-corrected chi connectivity index (χ1v) is 22.2. The van der Waals surface area contributed by atoms with Gasteiger partial charge in [-0.3, -0.25) is 19.1 Å². The Hall–Kier alpha value is -5.43. The lowest BCUT2D eigenvalue weighted by molar-refractivity contribution is -0.274. The lowest BCUT2D eigenvalue weighted by atomic mass is 10.1. The molecule has 0 radical (unpaired) electrons. The first-order chi connectivity index (χ1) is 28.7. The second-order valence-electron chi connectivity index (χ2n) is 15.5. The van der Waals surface area contributed by atoms with Crippen molar-refractivity contribution in [3.05, 3.63) is 72.3 Å². The number of nitrogens with one attached hydrogen (secondary N) is 3. The number of alkyl halides is 3. The molecule has 0 unspecified atom stereocenters. The molecule has 0 bridgehead atoms. The summed E-state index contributed by atoms with van der Waals surface area (Å²) in [6, 6.07) is 10.6. The van der Waals surface area contributed by atoms with E-state index in [0.717, 1.165) is 18.2 Å². The van der Waals surface area contributed by atoms with Crippen molar-refractivity contribution in [1.29, 1.82) is 0 Å². The first-order valence-electron chi connectivity index (χ1n) is 19.7. The number of hydrogen-bond acceptors (Lipinski definition) is 12. The number of anilines is 1. The van der Waals surface area contributed by atoms with Gasteiger partial charge in [0.15, 0.2) is 5.13 Å². The van der Waals surface area contributed by atoms with Crippen LogP contribution in [0.2, 0.25) is 0 Å². The van der Waals surface area contributed by atoms with Crippen LogP contribution in [0.1, 0.15) is 57.8 Å². The van der Waals surface area contributed by atoms with E-state index in [1.165, 1.54) is 40.5 Å². The summed E-state index contributed by atoms with van der Waals surface area (Å²) < 4.78 is 82.0. The average Bonchev–Trinajstić information content (AvgIpc) is 4.10. The quantitative estimate of drug-likeness (QED) is 0.157. The molecule has 4 heterocycles. The highest BCUT2D eigenvalue weighted by molar-refractivity contribution is 7.91. The molecule has 2 aliphatic carbocycles. The van der Waals surface area contributed by atoms with Crippen LogP contribution in [0.5, 0.6) is 17.4 Å². The molecule has 3 amide bonds. The predicted octanol–water partition coefficient (Wildman–Crippen LogP) is 6.10. The number of carbonyl (C=O) groups excluding carboxylic acids is 3. The van der Waals surface area contributed by atoms with Gasteiger partial charge in [-0.05, 0) is 92.4 Å². The third kappa shape index (κ3) is 9.16. The number of pyridine rings is 1. The molecule has 0 spiro atoms. The summed E-state index contributed by atoms with van der Waals surface area (Å²) in [5, 5.41) is 9.12. The van der Waals surface area contributed by atoms with Crippen molar-refractivity contribution in [3.63, 3.8) is 0 Å². The minimum atomic E-state index is -4.83. The summed E-state index contributed by atoms with van der Waals surface area (Å²) in [4.78, 5) is 53.6. The second-order valence-corrected chi connectivity index (χ2v) is 18.3. The van der Waals surface area contributed by atoms with Crippen LogP contribution in [0.3, 0.4) is 0 Å². The molecular formula is C41H43F3N6O8S2. The summed E-state index contributed by atoms with van der Waals surface area (Å²) in [5.74, 6) is -1.71. The van der Waals surface area contributed by atoms with Crippen LogP contribution in [0, 0.1) is 5.92 Å². The van der Waals surface area contributed by atoms with E-state index in [9.17, 15) is 36.0 Å². The van der Waals surface area contributed by atoms with Crippen LogP contribution in [0.4, 0.5) is 18.3 Å². The molecule has 4 aromatic rings. The van der Waals surface area contributed by atoms with E-state index in [4.69, 9.17) is 9.47 Å². The maximum absolute atomic E-state index is 14.8. The molecule has 2 aliphatic heterocycles. The van der Waals surface area contributed by atoms with Gasteiger partial charge in [-0.25, -0.2) is 18.4 Å². The zero-order chi connectivity index (χ0) is 42.2. The van der Waals surface area contributed by atoms with E-state index in [1.54, 1.807) is 24.8 Å². The van der Waals surface area contributed by atoms with Crippen LogP contribution >= 0.6 is 11.3 Å². The maximum atomic E-state index is 14.8. The van der Waals surface area contributed by atoms with Gasteiger partial charge in [-0.15, -0.1) is 24.5 Å². The Labute approximate surface area is 347 Å². The average molecular weight is 869 g/mol. The number of halogens is 3. The number of allylic oxidation sites excluding steroid dienone is 1. The van der Waals surface area contributed by atoms with Crippen LogP contribution < -0.4 is 29.6 Å². The number of amides is 3. The van der Waals surface area contributed by atoms with Crippen LogP contribution in [-0.4, -0.2) is 90.0 Å². The molecule has 3 fully saturated rings. The second kappa shape index (κ2) is 16.6. The minimum Gasteiger partial charge on any atom is -0.497 e. The number of fused-ring (bicyclic) bond motifs is 3. The highest BCUT2D eigenvalue weighted by atomic mass is 32.2. The fourth-order valence-electron chi connectivity index (χ4n) is 7.80. The summed E-state index contributed by atoms with van der Waals surface area (Å²) in [5.41, 5.74) is -0.518. The Morgan fingerprint density at radius 2 is 1.82 bits per heavy atom. The number of nitrogens with zero attached hydrogens (tertiary/aromatic N) is 3. The van der Waals surface area contributed by atoms with Crippen LogP contribution in [0.15, 0.2) is 72.3 Å². The molecular weight excluding hydrogens is 826 g/mol. The predicted molar refractivity (Wildman–Crippen MR) is 216 cm³/mol. The molecule has 2 saturated carbocycles. The minimum absolute atomic E-state index is 0.00261. The molecule has 318 valence electrons. The highest BCUT2D eigenvalue weighted by Crippen LogP contribution is 2.46. The zero-order valence-corrected chi connectivity index (χ0v) is 34.1. The molecule has 1 saturated heterocycles. The number of rotatable bonds is 10. The first kappa shape index (κ1) is 41.3. The van der Waals surface area contributed by atoms with Crippen molar-refractivity contribution in [2.45, 2.75) is 93.1 Å². The largest absolute Gasteiger partial charge is 0.573 e. The van der Waals surface area contributed by atoms with Crippen molar-refractivity contribution in [2.24, 2.45) is 5.92 Å². The number of thiazole rings is 1. The molecule has 5 atom stereocenters. The number of methoxy groups -OCH3 is 1. The Morgan fingerprint density at radius 1 is 1.03 bits per heavy atom. The normalized spacial score (nSPS) is 25.0. The standard InChI is InChI=1S/C41H43F3N6O8S2/c1-56-28-13-16-31-25(19-28)17-18-45-36(31)57-29-20-34-35(51)48-40(38(53)49-60(54,55)30-14-15-30)21-26(40)7-5-3-2-4-6-8-32(37(52)50(34)22-29)46-39-47-33(23-59-39)24-9-11-27(12-10-24)58-41(42,43)44/h5,7,9-13,16-19,23,26,29-30,32,34H,2-4,6,8,14-15,20-22H2,1H3,(H,46,47)(H,48,51)(H,49,53)/t26-,29-,32+,34+,40-/m1/s1. The summed E-state index contributed by atoms with van der Waals surface area (Å²) in [7, 11) is -2.35. The van der Waals surface area contributed by atoms with Gasteiger partial charge in [-0.1, -0.05) is 25.0 Å². The van der Waals surface area contributed by atoms with Gasteiger partial charge >= 0.3 is 6.36 Å². The van der Waals surface area contributed by atoms with Crippen LogP contribution in [-0.2, 0) is 24.4 Å². The van der Waals surface area contributed by atoms with E-state index in [-0.39, 0.29) is 25.1 Å². The smallest absolute Gasteiger partial charge is 0.497 e. The van der Waals surface area contributed by atoms with Gasteiger partial charge in [0.1, 0.15) is 35.2 Å². The fraction of sp³-hybridized carbons (Fsp3) is 0.439. The van der Waals surface area contributed by atoms with Gasteiger partial charge in [0.25, 0.3) is 5.91 Å². The molecule has 8 rings (SSSR count). The topological polar surface area (TPSA) is 178 Å². The Balaban J connectivity index is 1.08. The molecule has 3 N–H and O–H groups in total. The summed E-state index contributed by atoms with van der Waals surface area (Å²) in [6.45, 7) is -0.00261. The maximum Gasteiger partial charge on any atom is 0.573 e. The van der Waals surface area contributed by atoms with Gasteiger partial charge in [0, 0.05) is 34.9 Å². The van der Waals surface area contributed by atoms with Gasteiger partial charge in [0.2, 0.25) is 27.7 Å². The van der Waals surface area contributed by atoms with Crippen molar-refractivity contribution in [3.8, 4) is 28.6 Å². The van der Waals surface area contributed by atoms with E-state index in [0.29, 0.717) is 65.5 Å². The van der Waals surface area contributed by atoms with Crippen molar-refractivity contribution in [1.82, 2.24) is 24.9 Å². The Kier molecular flexibility index (Phi) is 11.4. The third-order valence-electron chi connectivity index (χ3n) is 11.2. The van der Waals surface area contributed by atoms with Crippen LogP contribution in [0.25, 0.3) is 22.0 Å². The van der Waals surface area contributed by atoms with E-state index in [2.05, 4.69) is 30.1 Å². The summed E-state index contributed by atoms with van der Waals surface area (Å²) >= 11 is 1.21. The lowest BCUT2D eigenvalue weighted by Crippen LogP contribution is -2.57. The van der Waals surface area contributed by atoms with Gasteiger partial charge in [-0.2, -0.15) is 0 Å². The van der Waals surface area contributed by atoms with Gasteiger partial charge in [0.05, 0.1) is 24.6 Å². The Morgan fingerprint density at radius 3 is 2.57 bits per heavy atom. The number of ether oxygens (including phenoxy) is 3. The summed E-state index contributed by atoms with van der Waals surface area (Å²) in [6.07, 6.45) is 4.29. The molecule has 19 heteroatoms. The molecule has 2 aromatic heterocycles. The molecule has 60 heavy (non-hydrogen) atoms. The van der Waals surface area contributed by atoms with E-state index < -0.39 is 69.0 Å². The molecule has 4 aliphatic rings. The lowest BCUT2D eigenvalue weighted by Gasteiger charge is -2.29. The third-order valence-corrected chi connectivity index (χ3v) is 13.8.